The summed E-state index contributed by atoms with van der Waals surface area (Å²) in [7, 11) is 0. The molecule has 0 fully saturated rings. The summed E-state index contributed by atoms with van der Waals surface area (Å²) in [6, 6.07) is 2.55. The predicted molar refractivity (Wildman–Crippen MR) is 150 cm³/mol. The Hall–Kier alpha value is -3.74. The van der Waals surface area contributed by atoms with Crippen molar-refractivity contribution in [2.24, 2.45) is 0 Å². The number of anilines is 2. The molecule has 2 N–H and O–H groups in total. The molecule has 0 atom stereocenters. The summed E-state index contributed by atoms with van der Waals surface area (Å²) >= 11 is 0. The smallest absolute Gasteiger partial charge is 0.325 e. The first-order chi connectivity index (χ1) is 17.5. The van der Waals surface area contributed by atoms with E-state index in [4.69, 9.17) is 4.74 Å². The van der Waals surface area contributed by atoms with Crippen LogP contribution in [0.1, 0.15) is 60.3 Å². The van der Waals surface area contributed by atoms with Crippen molar-refractivity contribution in [2.45, 2.75) is 60.3 Å². The monoisotopic (exact) mass is 508 g/mol. The number of hydrogen-bond acceptors (Lipinski definition) is 6. The highest BCUT2D eigenvalue weighted by atomic mass is 16.5. The van der Waals surface area contributed by atoms with Crippen LogP contribution in [0.25, 0.3) is 0 Å². The lowest BCUT2D eigenvalue weighted by atomic mass is 10.1. The molecule has 0 saturated carbocycles. The molecule has 7 heteroatoms. The molecule has 7 nitrogen and oxygen atoms in total. The Morgan fingerprint density at radius 2 is 1.59 bits per heavy atom. The van der Waals surface area contributed by atoms with Gasteiger partial charge in [-0.25, -0.2) is 0 Å². The summed E-state index contributed by atoms with van der Waals surface area (Å²) in [6.07, 6.45) is 10.2. The fraction of sp³-hybridized carbons (Fsp3) is 0.400. The molecule has 0 unspecified atom stereocenters. The third-order valence-corrected chi connectivity index (χ3v) is 6.13. The third-order valence-electron chi connectivity index (χ3n) is 6.13. The summed E-state index contributed by atoms with van der Waals surface area (Å²) in [5, 5.41) is 20.9. The van der Waals surface area contributed by atoms with Crippen molar-refractivity contribution in [1.29, 1.82) is 0 Å². The number of carbonyl (C=O) groups excluding carboxylic acids is 2. The van der Waals surface area contributed by atoms with Crippen LogP contribution in [0.15, 0.2) is 71.5 Å². The number of ether oxygens (including phenoxy) is 1. The van der Waals surface area contributed by atoms with E-state index in [0.29, 0.717) is 0 Å². The number of fused-ring (bicyclic) bond motifs is 1. The van der Waals surface area contributed by atoms with Gasteiger partial charge in [-0.3, -0.25) is 9.59 Å². The van der Waals surface area contributed by atoms with Gasteiger partial charge in [0.2, 0.25) is 0 Å². The Kier molecular flexibility index (Phi) is 10.8. The van der Waals surface area contributed by atoms with E-state index in [1.54, 1.807) is 6.92 Å². The van der Waals surface area contributed by atoms with Crippen LogP contribution in [0.4, 0.5) is 11.4 Å². The third kappa shape index (κ3) is 8.13. The van der Waals surface area contributed by atoms with Crippen LogP contribution in [0.3, 0.4) is 0 Å². The van der Waals surface area contributed by atoms with Crippen molar-refractivity contribution < 1.29 is 24.5 Å². The first kappa shape index (κ1) is 29.5. The lowest BCUT2D eigenvalue weighted by molar-refractivity contribution is -0.141. The Morgan fingerprint density at radius 3 is 2.22 bits per heavy atom. The maximum absolute atomic E-state index is 13.4. The molecule has 0 spiro atoms. The van der Waals surface area contributed by atoms with Gasteiger partial charge in [0.1, 0.15) is 23.7 Å². The molecule has 2 rings (SSSR count). The number of hydrogen-bond donors (Lipinski definition) is 2. The van der Waals surface area contributed by atoms with Crippen LogP contribution >= 0.6 is 0 Å². The average Bonchev–Trinajstić information content (AvgIpc) is 2.87. The minimum atomic E-state index is -0.546. The molecule has 0 aromatic heterocycles. The maximum atomic E-state index is 13.4. The zero-order valence-electron chi connectivity index (χ0n) is 22.8. The molecule has 0 radical (unpaired) electrons. The lowest BCUT2D eigenvalue weighted by Gasteiger charge is -2.27. The SMILES string of the molecule is C=C1C(=C)N(CC(=O)OCC)c2c(O)cc(O)cc2N(C/C=C(\C)CC/C=C(\C)CCC=C(C)C)C1=O. The van der Waals surface area contributed by atoms with Gasteiger partial charge >= 0.3 is 5.97 Å². The molecule has 200 valence electrons. The van der Waals surface area contributed by atoms with E-state index in [0.717, 1.165) is 37.3 Å². The van der Waals surface area contributed by atoms with Gasteiger partial charge in [-0.2, -0.15) is 0 Å². The van der Waals surface area contributed by atoms with Crippen LogP contribution < -0.4 is 9.80 Å². The van der Waals surface area contributed by atoms with Gasteiger partial charge in [0.05, 0.1) is 17.9 Å². The number of nitrogens with zero attached hydrogens (tertiary/aromatic N) is 2. The summed E-state index contributed by atoms with van der Waals surface area (Å²) < 4.78 is 5.07. The topological polar surface area (TPSA) is 90.3 Å². The van der Waals surface area contributed by atoms with Gasteiger partial charge in [0.15, 0.2) is 0 Å². The van der Waals surface area contributed by atoms with E-state index in [1.165, 1.54) is 27.0 Å². The van der Waals surface area contributed by atoms with Gasteiger partial charge in [0.25, 0.3) is 5.91 Å². The highest BCUT2D eigenvalue weighted by Crippen LogP contribution is 2.45. The Labute approximate surface area is 220 Å². The summed E-state index contributed by atoms with van der Waals surface area (Å²) in [5.41, 5.74) is 4.48. The molecule has 1 aliphatic rings. The van der Waals surface area contributed by atoms with E-state index in [2.05, 4.69) is 46.1 Å². The Balaban J connectivity index is 2.29. The van der Waals surface area contributed by atoms with E-state index in [-0.39, 0.29) is 53.8 Å². The quantitative estimate of drug-likeness (QED) is 0.207. The zero-order valence-corrected chi connectivity index (χ0v) is 22.8. The fourth-order valence-corrected chi connectivity index (χ4v) is 4.04. The second-order valence-electron chi connectivity index (χ2n) is 9.52. The molecule has 37 heavy (non-hydrogen) atoms. The van der Waals surface area contributed by atoms with Crippen molar-refractivity contribution in [3.63, 3.8) is 0 Å². The molecule has 1 aliphatic heterocycles. The van der Waals surface area contributed by atoms with Crippen LogP contribution in [-0.4, -0.2) is 41.8 Å². The van der Waals surface area contributed by atoms with Gasteiger partial charge in [0, 0.05) is 24.4 Å². The molecule has 1 aromatic carbocycles. The second-order valence-corrected chi connectivity index (χ2v) is 9.52. The van der Waals surface area contributed by atoms with Crippen molar-refractivity contribution in [1.82, 2.24) is 0 Å². The average molecular weight is 509 g/mol. The number of carbonyl (C=O) groups is 2. The normalized spacial score (nSPS) is 14.5. The Morgan fingerprint density at radius 1 is 0.973 bits per heavy atom. The number of phenolic OH excluding ortho intramolecular Hbond substituents is 2. The van der Waals surface area contributed by atoms with Crippen molar-refractivity contribution >= 4 is 23.3 Å². The van der Waals surface area contributed by atoms with Crippen LogP contribution in [0, 0.1) is 0 Å². The van der Waals surface area contributed by atoms with Crippen LogP contribution in [0.5, 0.6) is 11.5 Å². The van der Waals surface area contributed by atoms with Crippen LogP contribution in [-0.2, 0) is 14.3 Å². The molecule has 1 aromatic rings. The number of aromatic hydroxyl groups is 2. The number of benzene rings is 1. The first-order valence-electron chi connectivity index (χ1n) is 12.6. The number of rotatable bonds is 11. The minimum Gasteiger partial charge on any atom is -0.508 e. The number of esters is 1. The Bertz CT molecular complexity index is 1140. The first-order valence-corrected chi connectivity index (χ1v) is 12.6. The largest absolute Gasteiger partial charge is 0.508 e. The number of phenols is 2. The number of allylic oxidation sites excluding steroid dienone is 5. The van der Waals surface area contributed by atoms with Crippen molar-refractivity contribution in [2.75, 3.05) is 29.5 Å². The molecule has 0 aliphatic carbocycles. The lowest BCUT2D eigenvalue weighted by Crippen LogP contribution is -2.32. The van der Waals surface area contributed by atoms with Gasteiger partial charge in [-0.05, 0) is 60.3 Å². The molecule has 0 saturated heterocycles. The molecule has 0 bridgehead atoms. The summed E-state index contributed by atoms with van der Waals surface area (Å²) in [5.74, 6) is -1.47. The van der Waals surface area contributed by atoms with Gasteiger partial charge in [-0.15, -0.1) is 0 Å². The fourth-order valence-electron chi connectivity index (χ4n) is 4.04. The second kappa shape index (κ2) is 13.5. The predicted octanol–water partition coefficient (Wildman–Crippen LogP) is 6.30. The van der Waals surface area contributed by atoms with Crippen LogP contribution in [0.2, 0.25) is 0 Å². The standard InChI is InChI=1S/C30H40N2O5/c1-8-37-28(35)19-32-24(7)23(6)30(36)31(26-17-25(33)18-27(34)29(26)32)16-15-22(5)14-10-13-21(4)12-9-11-20(2)3/h11,13,15,17-18,33-34H,6-10,12,14,16,19H2,1-5H3/b21-13+,22-15+. The van der Waals surface area contributed by atoms with E-state index < -0.39 is 11.9 Å². The maximum Gasteiger partial charge on any atom is 0.325 e. The zero-order chi connectivity index (χ0) is 27.7. The van der Waals surface area contributed by atoms with E-state index >= 15 is 0 Å². The van der Waals surface area contributed by atoms with Gasteiger partial charge < -0.3 is 24.7 Å². The minimum absolute atomic E-state index is 0.0837. The molecular weight excluding hydrogens is 468 g/mol. The van der Waals surface area contributed by atoms with Crippen molar-refractivity contribution in [3.05, 3.63) is 71.5 Å². The molecule has 1 heterocycles. The van der Waals surface area contributed by atoms with Crippen molar-refractivity contribution in [3.8, 4) is 11.5 Å². The van der Waals surface area contributed by atoms with Gasteiger partial charge in [-0.1, -0.05) is 48.1 Å². The molecule has 1 amide bonds. The highest BCUT2D eigenvalue weighted by molar-refractivity contribution is 6.13. The summed E-state index contributed by atoms with van der Waals surface area (Å²) in [4.78, 5) is 28.5. The number of amides is 1. The van der Waals surface area contributed by atoms with E-state index in [1.807, 2.05) is 13.0 Å². The van der Waals surface area contributed by atoms with E-state index in [9.17, 15) is 19.8 Å². The highest BCUT2D eigenvalue weighted by Gasteiger charge is 2.34. The summed E-state index contributed by atoms with van der Waals surface area (Å²) in [6.45, 7) is 18.0. The molecular formula is C30H40N2O5.